The zero-order valence-electron chi connectivity index (χ0n) is 11.1. The molecule has 0 N–H and O–H groups in total. The first-order valence-corrected chi connectivity index (χ1v) is 6.02. The highest BCUT2D eigenvalue weighted by Crippen LogP contribution is 2.21. The van der Waals surface area contributed by atoms with Crippen molar-refractivity contribution in [2.45, 2.75) is 13.8 Å². The van der Waals surface area contributed by atoms with Crippen LogP contribution in [-0.4, -0.2) is 10.9 Å². The average molecular weight is 271 g/mol. The van der Waals surface area contributed by atoms with Gasteiger partial charge in [0, 0.05) is 6.07 Å². The normalized spacial score (nSPS) is 10.1. The summed E-state index contributed by atoms with van der Waals surface area (Å²) in [5.41, 5.74) is 2.16. The van der Waals surface area contributed by atoms with Crippen LogP contribution in [0.4, 0.5) is 5.69 Å². The molecule has 20 heavy (non-hydrogen) atoms. The Labute approximate surface area is 116 Å². The van der Waals surface area contributed by atoms with Crippen LogP contribution in [0.25, 0.3) is 0 Å². The molecular formula is C15H13NO4. The summed E-state index contributed by atoms with van der Waals surface area (Å²) in [4.78, 5) is 22.2. The molecule has 0 aliphatic carbocycles. The van der Waals surface area contributed by atoms with Crippen molar-refractivity contribution in [1.29, 1.82) is 0 Å². The van der Waals surface area contributed by atoms with Crippen LogP contribution in [0.15, 0.2) is 42.5 Å². The molecule has 2 rings (SSSR count). The summed E-state index contributed by atoms with van der Waals surface area (Å²) in [5.74, 6) is -0.364. The number of carbonyl (C=O) groups excluding carboxylic acids is 1. The SMILES string of the molecule is Cc1cccc(C(=O)Oc2cccc([N+](=O)[O-])c2)c1C. The molecule has 0 bridgehead atoms. The van der Waals surface area contributed by atoms with E-state index in [4.69, 9.17) is 4.74 Å². The molecule has 0 aromatic heterocycles. The van der Waals surface area contributed by atoms with Crippen LogP contribution in [-0.2, 0) is 0 Å². The number of nitro benzene ring substituents is 1. The molecule has 0 aliphatic heterocycles. The van der Waals surface area contributed by atoms with Crippen molar-refractivity contribution in [2.75, 3.05) is 0 Å². The quantitative estimate of drug-likeness (QED) is 0.371. The minimum atomic E-state index is -0.532. The van der Waals surface area contributed by atoms with Crippen molar-refractivity contribution in [3.8, 4) is 5.75 Å². The first-order valence-electron chi connectivity index (χ1n) is 6.02. The second kappa shape index (κ2) is 5.52. The van der Waals surface area contributed by atoms with Crippen LogP contribution in [0, 0.1) is 24.0 Å². The maximum Gasteiger partial charge on any atom is 0.343 e. The summed E-state index contributed by atoms with van der Waals surface area (Å²) in [6, 6.07) is 10.9. The molecule has 5 nitrogen and oxygen atoms in total. The van der Waals surface area contributed by atoms with E-state index >= 15 is 0 Å². The fourth-order valence-electron chi connectivity index (χ4n) is 1.79. The standard InChI is InChI=1S/C15H13NO4/c1-10-5-3-8-14(11(10)2)15(17)20-13-7-4-6-12(9-13)16(18)19/h3-9H,1-2H3. The largest absolute Gasteiger partial charge is 0.423 e. The Morgan fingerprint density at radius 2 is 1.85 bits per heavy atom. The predicted octanol–water partition coefficient (Wildman–Crippen LogP) is 3.43. The summed E-state index contributed by atoms with van der Waals surface area (Å²) in [6.07, 6.45) is 0. The van der Waals surface area contributed by atoms with Gasteiger partial charge in [0.2, 0.25) is 0 Å². The van der Waals surface area contributed by atoms with Gasteiger partial charge >= 0.3 is 5.97 Å². The number of rotatable bonds is 3. The van der Waals surface area contributed by atoms with E-state index in [-0.39, 0.29) is 11.4 Å². The second-order valence-electron chi connectivity index (χ2n) is 4.39. The number of nitrogens with zero attached hydrogens (tertiary/aromatic N) is 1. The van der Waals surface area contributed by atoms with Crippen molar-refractivity contribution in [3.63, 3.8) is 0 Å². The maximum atomic E-state index is 12.1. The lowest BCUT2D eigenvalue weighted by Crippen LogP contribution is -2.11. The first kappa shape index (κ1) is 13.7. The molecule has 0 heterocycles. The Kier molecular flexibility index (Phi) is 3.79. The molecule has 5 heteroatoms. The third-order valence-electron chi connectivity index (χ3n) is 3.06. The van der Waals surface area contributed by atoms with Crippen molar-refractivity contribution in [3.05, 3.63) is 69.3 Å². The molecule has 0 spiro atoms. The van der Waals surface area contributed by atoms with Crippen molar-refractivity contribution in [1.82, 2.24) is 0 Å². The topological polar surface area (TPSA) is 69.4 Å². The number of benzene rings is 2. The molecule has 0 amide bonds. The van der Waals surface area contributed by atoms with Gasteiger partial charge in [-0.25, -0.2) is 4.79 Å². The van der Waals surface area contributed by atoms with Crippen molar-refractivity contribution in [2.24, 2.45) is 0 Å². The lowest BCUT2D eigenvalue weighted by atomic mass is 10.0. The van der Waals surface area contributed by atoms with Crippen LogP contribution < -0.4 is 4.74 Å². The van der Waals surface area contributed by atoms with E-state index in [0.29, 0.717) is 5.56 Å². The van der Waals surface area contributed by atoms with Gasteiger partial charge in [-0.15, -0.1) is 0 Å². The minimum Gasteiger partial charge on any atom is -0.423 e. The van der Waals surface area contributed by atoms with E-state index < -0.39 is 10.9 Å². The molecule has 0 fully saturated rings. The monoisotopic (exact) mass is 271 g/mol. The van der Waals surface area contributed by atoms with Gasteiger partial charge in [0.15, 0.2) is 0 Å². The summed E-state index contributed by atoms with van der Waals surface area (Å²) >= 11 is 0. The number of aryl methyl sites for hydroxylation is 1. The Morgan fingerprint density at radius 1 is 1.15 bits per heavy atom. The highest BCUT2D eigenvalue weighted by molar-refractivity contribution is 5.93. The third kappa shape index (κ3) is 2.83. The Morgan fingerprint density at radius 3 is 2.55 bits per heavy atom. The molecular weight excluding hydrogens is 258 g/mol. The van der Waals surface area contributed by atoms with Gasteiger partial charge in [-0.1, -0.05) is 18.2 Å². The van der Waals surface area contributed by atoms with Crippen LogP contribution in [0.2, 0.25) is 0 Å². The number of carbonyl (C=O) groups is 1. The predicted molar refractivity (Wildman–Crippen MR) is 74.0 cm³/mol. The lowest BCUT2D eigenvalue weighted by Gasteiger charge is -2.08. The maximum absolute atomic E-state index is 12.1. The number of esters is 1. The average Bonchev–Trinajstić information content (AvgIpc) is 2.42. The Balaban J connectivity index is 2.26. The summed E-state index contributed by atoms with van der Waals surface area (Å²) < 4.78 is 5.18. The number of ether oxygens (including phenoxy) is 1. The number of hydrogen-bond donors (Lipinski definition) is 0. The van der Waals surface area contributed by atoms with Gasteiger partial charge < -0.3 is 4.74 Å². The van der Waals surface area contributed by atoms with Crippen molar-refractivity contribution >= 4 is 11.7 Å². The second-order valence-corrected chi connectivity index (χ2v) is 4.39. The third-order valence-corrected chi connectivity index (χ3v) is 3.06. The van der Waals surface area contributed by atoms with Crippen LogP contribution in [0.5, 0.6) is 5.75 Å². The zero-order chi connectivity index (χ0) is 14.7. The van der Waals surface area contributed by atoms with E-state index in [1.54, 1.807) is 12.1 Å². The zero-order valence-corrected chi connectivity index (χ0v) is 11.1. The first-order chi connectivity index (χ1) is 9.49. The number of non-ortho nitro benzene ring substituents is 1. The molecule has 0 atom stereocenters. The molecule has 0 radical (unpaired) electrons. The van der Waals surface area contributed by atoms with E-state index in [1.165, 1.54) is 24.3 Å². The molecule has 2 aromatic rings. The minimum absolute atomic E-state index is 0.115. The van der Waals surface area contributed by atoms with Crippen LogP contribution in [0.3, 0.4) is 0 Å². The highest BCUT2D eigenvalue weighted by Gasteiger charge is 2.14. The van der Waals surface area contributed by atoms with E-state index in [9.17, 15) is 14.9 Å². The van der Waals surface area contributed by atoms with Gasteiger partial charge in [-0.2, -0.15) is 0 Å². The van der Waals surface area contributed by atoms with E-state index in [0.717, 1.165) is 11.1 Å². The molecule has 102 valence electrons. The summed E-state index contributed by atoms with van der Waals surface area (Å²) in [6.45, 7) is 3.73. The van der Waals surface area contributed by atoms with E-state index in [1.807, 2.05) is 19.9 Å². The fraction of sp³-hybridized carbons (Fsp3) is 0.133. The Hall–Kier alpha value is -2.69. The van der Waals surface area contributed by atoms with Crippen LogP contribution in [0.1, 0.15) is 21.5 Å². The molecule has 0 unspecified atom stereocenters. The Bertz CT molecular complexity index is 679. The number of hydrogen-bond acceptors (Lipinski definition) is 4. The molecule has 0 saturated carbocycles. The summed E-state index contributed by atoms with van der Waals surface area (Å²) in [5, 5.41) is 10.7. The van der Waals surface area contributed by atoms with Gasteiger partial charge in [0.1, 0.15) is 5.75 Å². The van der Waals surface area contributed by atoms with Gasteiger partial charge in [-0.05, 0) is 37.1 Å². The number of nitro groups is 1. The lowest BCUT2D eigenvalue weighted by molar-refractivity contribution is -0.384. The van der Waals surface area contributed by atoms with Gasteiger partial charge in [0.25, 0.3) is 5.69 Å². The molecule has 0 saturated heterocycles. The molecule has 2 aromatic carbocycles. The van der Waals surface area contributed by atoms with Crippen LogP contribution >= 0.6 is 0 Å². The van der Waals surface area contributed by atoms with E-state index in [2.05, 4.69) is 0 Å². The highest BCUT2D eigenvalue weighted by atomic mass is 16.6. The van der Waals surface area contributed by atoms with Crippen molar-refractivity contribution < 1.29 is 14.5 Å². The van der Waals surface area contributed by atoms with Gasteiger partial charge in [-0.3, -0.25) is 10.1 Å². The molecule has 0 aliphatic rings. The summed E-state index contributed by atoms with van der Waals surface area (Å²) in [7, 11) is 0. The fourth-order valence-corrected chi connectivity index (χ4v) is 1.79. The smallest absolute Gasteiger partial charge is 0.343 e. The van der Waals surface area contributed by atoms with Gasteiger partial charge in [0.05, 0.1) is 16.6 Å².